The number of amides is 2. The van der Waals surface area contributed by atoms with Crippen LogP contribution in [-0.4, -0.2) is 18.9 Å². The van der Waals surface area contributed by atoms with Gasteiger partial charge in [0.1, 0.15) is 17.3 Å². The zero-order chi connectivity index (χ0) is 22.0. The Bertz CT molecular complexity index is 1170. The zero-order valence-electron chi connectivity index (χ0n) is 17.2. The van der Waals surface area contributed by atoms with E-state index in [-0.39, 0.29) is 11.3 Å². The molecule has 0 saturated heterocycles. The lowest BCUT2D eigenvalue weighted by atomic mass is 10.0. The van der Waals surface area contributed by atoms with E-state index >= 15 is 0 Å². The van der Waals surface area contributed by atoms with Crippen LogP contribution in [0.15, 0.2) is 78.5 Å². The minimum Gasteiger partial charge on any atom is -0.495 e. The lowest BCUT2D eigenvalue weighted by Gasteiger charge is -2.18. The quantitative estimate of drug-likeness (QED) is 0.587. The number of anilines is 2. The normalized spacial score (nSPS) is 13.7. The standard InChI is InChI=1S/C25H21FN2O3/c1-3-16-8-14-19(15-9-16)27-23-22(17-10-12-18(26)13-11-17)24(29)28(25(23)30)20-6-4-5-7-21(20)31-2/h4-15,27H,3H2,1-2H3. The Morgan fingerprint density at radius 1 is 0.903 bits per heavy atom. The molecule has 1 heterocycles. The largest absolute Gasteiger partial charge is 0.495 e. The molecule has 3 aromatic rings. The van der Waals surface area contributed by atoms with Gasteiger partial charge in [0, 0.05) is 5.69 Å². The lowest BCUT2D eigenvalue weighted by molar-refractivity contribution is -0.120. The van der Waals surface area contributed by atoms with Gasteiger partial charge >= 0.3 is 0 Å². The topological polar surface area (TPSA) is 58.6 Å². The summed E-state index contributed by atoms with van der Waals surface area (Å²) in [7, 11) is 1.48. The average Bonchev–Trinajstić information content (AvgIpc) is 3.04. The van der Waals surface area contributed by atoms with Crippen molar-refractivity contribution >= 4 is 28.8 Å². The Morgan fingerprint density at radius 2 is 1.58 bits per heavy atom. The summed E-state index contributed by atoms with van der Waals surface area (Å²) in [6.07, 6.45) is 0.892. The molecule has 0 aromatic heterocycles. The monoisotopic (exact) mass is 416 g/mol. The minimum absolute atomic E-state index is 0.131. The first kappa shape index (κ1) is 20.3. The van der Waals surface area contributed by atoms with Gasteiger partial charge in [0.15, 0.2) is 0 Å². The third-order valence-electron chi connectivity index (χ3n) is 5.17. The summed E-state index contributed by atoms with van der Waals surface area (Å²) in [4.78, 5) is 27.9. The van der Waals surface area contributed by atoms with Crippen molar-refractivity contribution in [3.05, 3.63) is 95.4 Å². The third kappa shape index (κ3) is 3.80. The Balaban J connectivity index is 1.81. The number of hydrogen-bond donors (Lipinski definition) is 1. The molecular weight excluding hydrogens is 395 g/mol. The predicted molar refractivity (Wildman–Crippen MR) is 118 cm³/mol. The molecule has 0 unspecified atom stereocenters. The van der Waals surface area contributed by atoms with E-state index in [1.54, 1.807) is 24.3 Å². The van der Waals surface area contributed by atoms with Crippen molar-refractivity contribution in [2.45, 2.75) is 13.3 Å². The van der Waals surface area contributed by atoms with Gasteiger partial charge in [-0.05, 0) is 53.9 Å². The summed E-state index contributed by atoms with van der Waals surface area (Å²) in [6.45, 7) is 2.06. The van der Waals surface area contributed by atoms with E-state index in [2.05, 4.69) is 12.2 Å². The van der Waals surface area contributed by atoms with Gasteiger partial charge in [-0.15, -0.1) is 0 Å². The maximum Gasteiger partial charge on any atom is 0.282 e. The third-order valence-corrected chi connectivity index (χ3v) is 5.17. The van der Waals surface area contributed by atoms with Crippen LogP contribution in [0.25, 0.3) is 5.57 Å². The molecule has 3 aromatic carbocycles. The number of carbonyl (C=O) groups excluding carboxylic acids is 2. The molecule has 31 heavy (non-hydrogen) atoms. The number of benzene rings is 3. The van der Waals surface area contributed by atoms with Crippen molar-refractivity contribution in [1.29, 1.82) is 0 Å². The molecule has 1 aliphatic heterocycles. The lowest BCUT2D eigenvalue weighted by Crippen LogP contribution is -2.32. The number of imide groups is 1. The van der Waals surface area contributed by atoms with Crippen molar-refractivity contribution in [3.8, 4) is 5.75 Å². The molecule has 5 nitrogen and oxygen atoms in total. The van der Waals surface area contributed by atoms with E-state index in [1.807, 2.05) is 24.3 Å². The molecule has 1 aliphatic rings. The van der Waals surface area contributed by atoms with Crippen LogP contribution in [-0.2, 0) is 16.0 Å². The second-order valence-electron chi connectivity index (χ2n) is 7.05. The van der Waals surface area contributed by atoms with Crippen molar-refractivity contribution in [1.82, 2.24) is 0 Å². The summed E-state index contributed by atoms with van der Waals surface area (Å²) in [5.41, 5.74) is 2.93. The van der Waals surface area contributed by atoms with Crippen LogP contribution in [0.3, 0.4) is 0 Å². The molecule has 0 fully saturated rings. The number of ether oxygens (including phenoxy) is 1. The Morgan fingerprint density at radius 3 is 2.23 bits per heavy atom. The number of methoxy groups -OCH3 is 1. The van der Waals surface area contributed by atoms with E-state index < -0.39 is 17.6 Å². The van der Waals surface area contributed by atoms with Crippen LogP contribution in [0.4, 0.5) is 15.8 Å². The van der Waals surface area contributed by atoms with Gasteiger partial charge in [-0.3, -0.25) is 9.59 Å². The molecule has 2 amide bonds. The Kier molecular flexibility index (Phi) is 5.54. The number of aryl methyl sites for hydroxylation is 1. The fraction of sp³-hybridized carbons (Fsp3) is 0.120. The number of rotatable bonds is 6. The van der Waals surface area contributed by atoms with Gasteiger partial charge in [-0.25, -0.2) is 9.29 Å². The number of nitrogens with zero attached hydrogens (tertiary/aromatic N) is 1. The van der Waals surface area contributed by atoms with Crippen LogP contribution in [0.2, 0.25) is 0 Å². The van der Waals surface area contributed by atoms with Crippen LogP contribution >= 0.6 is 0 Å². The fourth-order valence-corrected chi connectivity index (χ4v) is 3.53. The molecule has 0 aliphatic carbocycles. The molecular formula is C25H21FN2O3. The number of carbonyl (C=O) groups is 2. The maximum absolute atomic E-state index is 13.5. The van der Waals surface area contributed by atoms with Gasteiger partial charge in [-0.1, -0.05) is 43.3 Å². The zero-order valence-corrected chi connectivity index (χ0v) is 17.2. The van der Waals surface area contributed by atoms with Crippen LogP contribution in [0.1, 0.15) is 18.1 Å². The number of para-hydroxylation sites is 2. The van der Waals surface area contributed by atoms with Crippen molar-refractivity contribution in [2.75, 3.05) is 17.3 Å². The molecule has 0 bridgehead atoms. The molecule has 4 rings (SSSR count). The fourth-order valence-electron chi connectivity index (χ4n) is 3.53. The van der Waals surface area contributed by atoms with Crippen LogP contribution in [0, 0.1) is 5.82 Å². The first-order valence-corrected chi connectivity index (χ1v) is 9.91. The van der Waals surface area contributed by atoms with Crippen molar-refractivity contribution in [3.63, 3.8) is 0 Å². The molecule has 0 spiro atoms. The molecule has 1 N–H and O–H groups in total. The molecule has 156 valence electrons. The highest BCUT2D eigenvalue weighted by molar-refractivity contribution is 6.46. The van der Waals surface area contributed by atoms with Gasteiger partial charge < -0.3 is 10.1 Å². The molecule has 6 heteroatoms. The number of nitrogens with one attached hydrogen (secondary N) is 1. The van der Waals surface area contributed by atoms with E-state index in [1.165, 1.54) is 31.4 Å². The van der Waals surface area contributed by atoms with E-state index in [0.29, 0.717) is 22.7 Å². The van der Waals surface area contributed by atoms with Crippen molar-refractivity contribution in [2.24, 2.45) is 0 Å². The molecule has 0 saturated carbocycles. The summed E-state index contributed by atoms with van der Waals surface area (Å²) in [6, 6.07) is 20.0. The highest BCUT2D eigenvalue weighted by Crippen LogP contribution is 2.37. The summed E-state index contributed by atoms with van der Waals surface area (Å²) in [5, 5.41) is 3.11. The number of halogens is 1. The van der Waals surface area contributed by atoms with E-state index in [4.69, 9.17) is 4.74 Å². The van der Waals surface area contributed by atoms with Gasteiger partial charge in [0.2, 0.25) is 0 Å². The summed E-state index contributed by atoms with van der Waals surface area (Å²) in [5.74, 6) is -1.04. The van der Waals surface area contributed by atoms with Gasteiger partial charge in [-0.2, -0.15) is 0 Å². The first-order chi connectivity index (χ1) is 15.0. The summed E-state index contributed by atoms with van der Waals surface area (Å²) < 4.78 is 18.8. The van der Waals surface area contributed by atoms with E-state index in [9.17, 15) is 14.0 Å². The molecule has 0 atom stereocenters. The van der Waals surface area contributed by atoms with Crippen LogP contribution < -0.4 is 15.0 Å². The minimum atomic E-state index is -0.506. The highest BCUT2D eigenvalue weighted by atomic mass is 19.1. The molecule has 0 radical (unpaired) electrons. The number of hydrogen-bond acceptors (Lipinski definition) is 4. The van der Waals surface area contributed by atoms with Crippen molar-refractivity contribution < 1.29 is 18.7 Å². The predicted octanol–water partition coefficient (Wildman–Crippen LogP) is 4.79. The smallest absolute Gasteiger partial charge is 0.282 e. The summed E-state index contributed by atoms with van der Waals surface area (Å²) >= 11 is 0. The SMILES string of the molecule is CCc1ccc(NC2=C(c3ccc(F)cc3)C(=O)N(c3ccccc3OC)C2=O)cc1. The van der Waals surface area contributed by atoms with Gasteiger partial charge in [0.25, 0.3) is 11.8 Å². The average molecular weight is 416 g/mol. The first-order valence-electron chi connectivity index (χ1n) is 9.91. The Labute approximate surface area is 179 Å². The maximum atomic E-state index is 13.5. The second kappa shape index (κ2) is 8.44. The second-order valence-corrected chi connectivity index (χ2v) is 7.05. The Hall–Kier alpha value is -3.93. The van der Waals surface area contributed by atoms with Gasteiger partial charge in [0.05, 0.1) is 18.4 Å². The highest BCUT2D eigenvalue weighted by Gasteiger charge is 2.41. The van der Waals surface area contributed by atoms with E-state index in [0.717, 1.165) is 16.9 Å². The van der Waals surface area contributed by atoms with Crippen LogP contribution in [0.5, 0.6) is 5.75 Å².